The highest BCUT2D eigenvalue weighted by Gasteiger charge is 2.35. The molecule has 1 aromatic heterocycles. The van der Waals surface area contributed by atoms with E-state index in [0.717, 1.165) is 38.8 Å². The molecule has 158 valence electrons. The van der Waals surface area contributed by atoms with Gasteiger partial charge in [0.15, 0.2) is 5.76 Å². The molecule has 3 fully saturated rings. The van der Waals surface area contributed by atoms with Crippen LogP contribution in [-0.4, -0.2) is 90.8 Å². The van der Waals surface area contributed by atoms with Crippen molar-refractivity contribution >= 4 is 17.6 Å². The number of carbonyl (C=O) groups is 3. The predicted molar refractivity (Wildman–Crippen MR) is 104 cm³/mol. The van der Waals surface area contributed by atoms with Crippen molar-refractivity contribution in [1.29, 1.82) is 0 Å². The van der Waals surface area contributed by atoms with Crippen LogP contribution in [0.4, 0.5) is 0 Å². The molecule has 2 amide bonds. The molecule has 0 saturated carbocycles. The highest BCUT2D eigenvalue weighted by atomic mass is 16.5. The Hall–Kier alpha value is -2.19. The number of morpholine rings is 1. The van der Waals surface area contributed by atoms with Crippen molar-refractivity contribution in [2.75, 3.05) is 52.5 Å². The SMILES string of the molecule is O=C(C(=O)N1CCC(N2CCCC(C(=O)N3CCOCC3)C2)CC1)c1ccco1. The first-order chi connectivity index (χ1) is 14.1. The van der Waals surface area contributed by atoms with Crippen LogP contribution in [-0.2, 0) is 14.3 Å². The van der Waals surface area contributed by atoms with E-state index >= 15 is 0 Å². The van der Waals surface area contributed by atoms with Gasteiger partial charge in [-0.05, 0) is 44.4 Å². The second-order valence-corrected chi connectivity index (χ2v) is 8.10. The number of hydrogen-bond acceptors (Lipinski definition) is 6. The first-order valence-electron chi connectivity index (χ1n) is 10.6. The van der Waals surface area contributed by atoms with E-state index in [1.54, 1.807) is 11.0 Å². The lowest BCUT2D eigenvalue weighted by atomic mass is 9.92. The Kier molecular flexibility index (Phi) is 6.30. The van der Waals surface area contributed by atoms with Crippen LogP contribution in [0.25, 0.3) is 0 Å². The third-order valence-corrected chi connectivity index (χ3v) is 6.33. The number of piperidine rings is 2. The van der Waals surface area contributed by atoms with E-state index < -0.39 is 11.7 Å². The molecular formula is C21H29N3O5. The van der Waals surface area contributed by atoms with Crippen molar-refractivity contribution in [1.82, 2.24) is 14.7 Å². The van der Waals surface area contributed by atoms with Crippen molar-refractivity contribution in [3.8, 4) is 0 Å². The number of amides is 2. The summed E-state index contributed by atoms with van der Waals surface area (Å²) in [6.45, 7) is 5.57. The Morgan fingerprint density at radius 3 is 2.38 bits per heavy atom. The number of likely N-dealkylation sites (tertiary alicyclic amines) is 2. The minimum Gasteiger partial charge on any atom is -0.461 e. The fourth-order valence-corrected chi connectivity index (χ4v) is 4.67. The zero-order valence-corrected chi connectivity index (χ0v) is 16.8. The van der Waals surface area contributed by atoms with Crippen LogP contribution in [0.2, 0.25) is 0 Å². The molecule has 4 heterocycles. The van der Waals surface area contributed by atoms with Crippen LogP contribution >= 0.6 is 0 Å². The van der Waals surface area contributed by atoms with Crippen LogP contribution in [0, 0.1) is 5.92 Å². The third-order valence-electron chi connectivity index (χ3n) is 6.33. The van der Waals surface area contributed by atoms with Crippen LogP contribution in [0.1, 0.15) is 36.2 Å². The van der Waals surface area contributed by atoms with Crippen molar-refractivity contribution in [3.05, 3.63) is 24.2 Å². The number of Topliss-reactive ketones (excluding diaryl/α,β-unsaturated/α-hetero) is 1. The fraction of sp³-hybridized carbons (Fsp3) is 0.667. The number of carbonyl (C=O) groups excluding carboxylic acids is 3. The Balaban J connectivity index is 1.28. The summed E-state index contributed by atoms with van der Waals surface area (Å²) in [4.78, 5) is 43.5. The average molecular weight is 403 g/mol. The molecule has 1 aromatic rings. The summed E-state index contributed by atoms with van der Waals surface area (Å²) in [5.41, 5.74) is 0. The van der Waals surface area contributed by atoms with Gasteiger partial charge >= 0.3 is 0 Å². The summed E-state index contributed by atoms with van der Waals surface area (Å²) < 4.78 is 10.4. The molecule has 0 spiro atoms. The molecule has 8 nitrogen and oxygen atoms in total. The van der Waals surface area contributed by atoms with Crippen molar-refractivity contribution in [3.63, 3.8) is 0 Å². The highest BCUT2D eigenvalue weighted by Crippen LogP contribution is 2.25. The normalized spacial score (nSPS) is 24.5. The minimum absolute atomic E-state index is 0.0574. The largest absolute Gasteiger partial charge is 0.461 e. The Morgan fingerprint density at radius 1 is 0.931 bits per heavy atom. The summed E-state index contributed by atoms with van der Waals surface area (Å²) in [6.07, 6.45) is 5.03. The van der Waals surface area contributed by atoms with Crippen LogP contribution in [0.15, 0.2) is 22.8 Å². The van der Waals surface area contributed by atoms with Crippen molar-refractivity contribution in [2.24, 2.45) is 5.92 Å². The van der Waals surface area contributed by atoms with Crippen LogP contribution < -0.4 is 0 Å². The van der Waals surface area contributed by atoms with Gasteiger partial charge < -0.3 is 19.0 Å². The summed E-state index contributed by atoms with van der Waals surface area (Å²) >= 11 is 0. The molecular weight excluding hydrogens is 374 g/mol. The van der Waals surface area contributed by atoms with Crippen molar-refractivity contribution < 1.29 is 23.5 Å². The highest BCUT2D eigenvalue weighted by molar-refractivity contribution is 6.41. The zero-order valence-electron chi connectivity index (χ0n) is 16.8. The van der Waals surface area contributed by atoms with E-state index in [-0.39, 0.29) is 17.6 Å². The lowest BCUT2D eigenvalue weighted by Crippen LogP contribution is -2.53. The number of ether oxygens (including phenoxy) is 1. The molecule has 29 heavy (non-hydrogen) atoms. The molecule has 0 aromatic carbocycles. The standard InChI is InChI=1S/C21H29N3O5/c25-19(18-4-2-12-29-18)21(27)22-8-5-17(6-9-22)24-7-1-3-16(15-24)20(26)23-10-13-28-14-11-23/h2,4,12,16-17H,1,3,5-11,13-15H2. The van der Waals surface area contributed by atoms with Gasteiger partial charge in [0, 0.05) is 38.8 Å². The van der Waals surface area contributed by atoms with Gasteiger partial charge in [-0.15, -0.1) is 0 Å². The zero-order chi connectivity index (χ0) is 20.2. The number of rotatable bonds is 4. The van der Waals surface area contributed by atoms with Gasteiger partial charge in [0.2, 0.25) is 5.91 Å². The molecule has 8 heteroatoms. The molecule has 1 atom stereocenters. The molecule has 3 aliphatic heterocycles. The van der Waals surface area contributed by atoms with Gasteiger partial charge in [0.1, 0.15) is 0 Å². The second-order valence-electron chi connectivity index (χ2n) is 8.10. The lowest BCUT2D eigenvalue weighted by molar-refractivity contribution is -0.142. The quantitative estimate of drug-likeness (QED) is 0.552. The molecule has 3 aliphatic rings. The Labute approximate surface area is 170 Å². The molecule has 0 radical (unpaired) electrons. The summed E-state index contributed by atoms with van der Waals surface area (Å²) in [6, 6.07) is 3.49. The monoisotopic (exact) mass is 403 g/mol. The van der Waals surface area contributed by atoms with Gasteiger partial charge in [0.05, 0.1) is 25.4 Å². The second kappa shape index (κ2) is 9.09. The number of nitrogens with zero attached hydrogens (tertiary/aromatic N) is 3. The minimum atomic E-state index is -0.581. The lowest BCUT2D eigenvalue weighted by Gasteiger charge is -2.42. The van der Waals surface area contributed by atoms with Gasteiger partial charge in [-0.2, -0.15) is 0 Å². The molecule has 1 unspecified atom stereocenters. The number of furan rings is 1. The molecule has 4 rings (SSSR count). The first kappa shape index (κ1) is 20.1. The summed E-state index contributed by atoms with van der Waals surface area (Å²) in [5, 5.41) is 0. The average Bonchev–Trinajstić information content (AvgIpc) is 3.33. The van der Waals surface area contributed by atoms with E-state index in [1.165, 1.54) is 12.3 Å². The van der Waals surface area contributed by atoms with E-state index in [1.807, 2.05) is 4.90 Å². The van der Waals surface area contributed by atoms with Crippen LogP contribution in [0.5, 0.6) is 0 Å². The predicted octanol–water partition coefficient (Wildman–Crippen LogP) is 1.02. The topological polar surface area (TPSA) is 83.3 Å². The van der Waals surface area contributed by atoms with Crippen molar-refractivity contribution in [2.45, 2.75) is 31.7 Å². The Morgan fingerprint density at radius 2 is 1.69 bits per heavy atom. The first-order valence-corrected chi connectivity index (χ1v) is 10.6. The molecule has 0 aliphatic carbocycles. The summed E-state index contributed by atoms with van der Waals surface area (Å²) in [7, 11) is 0. The third kappa shape index (κ3) is 4.53. The maximum atomic E-state index is 12.9. The van der Waals surface area contributed by atoms with Gasteiger partial charge in [-0.1, -0.05) is 0 Å². The number of ketones is 1. The van der Waals surface area contributed by atoms with E-state index in [9.17, 15) is 14.4 Å². The van der Waals surface area contributed by atoms with E-state index in [0.29, 0.717) is 45.4 Å². The van der Waals surface area contributed by atoms with Gasteiger partial charge in [-0.3, -0.25) is 19.3 Å². The Bertz CT molecular complexity index is 721. The smallest absolute Gasteiger partial charge is 0.298 e. The maximum Gasteiger partial charge on any atom is 0.298 e. The maximum absolute atomic E-state index is 12.9. The summed E-state index contributed by atoms with van der Waals surface area (Å²) in [5.74, 6) is -0.658. The van der Waals surface area contributed by atoms with Gasteiger partial charge in [-0.25, -0.2) is 0 Å². The molecule has 3 saturated heterocycles. The number of hydrogen-bond donors (Lipinski definition) is 0. The van der Waals surface area contributed by atoms with Crippen LogP contribution in [0.3, 0.4) is 0 Å². The van der Waals surface area contributed by atoms with Gasteiger partial charge in [0.25, 0.3) is 11.7 Å². The van der Waals surface area contributed by atoms with E-state index in [4.69, 9.17) is 9.15 Å². The molecule has 0 N–H and O–H groups in total. The van der Waals surface area contributed by atoms with E-state index in [2.05, 4.69) is 4.90 Å². The molecule has 0 bridgehead atoms. The fourth-order valence-electron chi connectivity index (χ4n) is 4.67.